The fraction of sp³-hybridized carbons (Fsp3) is 0.308. The fourth-order valence-electron chi connectivity index (χ4n) is 1.57. The van der Waals surface area contributed by atoms with Gasteiger partial charge in [-0.2, -0.15) is 0 Å². The minimum Gasteiger partial charge on any atom is -0.406 e. The first-order chi connectivity index (χ1) is 9.98. The second-order valence-electron chi connectivity index (χ2n) is 4.03. The maximum Gasteiger partial charge on any atom is 0.573 e. The number of anilines is 1. The zero-order valence-corrected chi connectivity index (χ0v) is 11.9. The van der Waals surface area contributed by atoms with Gasteiger partial charge in [0.2, 0.25) is 0 Å². The lowest BCUT2D eigenvalue weighted by molar-refractivity contribution is -0.274. The molecule has 2 aromatic rings. The van der Waals surface area contributed by atoms with Crippen molar-refractivity contribution in [2.45, 2.75) is 6.36 Å². The number of nitrogens with one attached hydrogen (secondary N) is 1. The number of alkyl halides is 3. The van der Waals surface area contributed by atoms with E-state index in [1.165, 1.54) is 35.6 Å². The number of benzene rings is 1. The van der Waals surface area contributed by atoms with E-state index in [1.807, 2.05) is 5.38 Å². The molecule has 0 aliphatic heterocycles. The van der Waals surface area contributed by atoms with Crippen LogP contribution >= 0.6 is 11.3 Å². The van der Waals surface area contributed by atoms with Gasteiger partial charge in [-0.05, 0) is 24.3 Å². The van der Waals surface area contributed by atoms with Gasteiger partial charge in [-0.1, -0.05) is 0 Å². The molecule has 1 aromatic carbocycles. The van der Waals surface area contributed by atoms with E-state index in [1.54, 1.807) is 7.11 Å². The zero-order valence-electron chi connectivity index (χ0n) is 11.1. The van der Waals surface area contributed by atoms with Crippen molar-refractivity contribution < 1.29 is 22.6 Å². The van der Waals surface area contributed by atoms with Crippen molar-refractivity contribution >= 4 is 16.5 Å². The van der Waals surface area contributed by atoms with Crippen LogP contribution in [0, 0.1) is 0 Å². The lowest BCUT2D eigenvalue weighted by Gasteiger charge is -2.08. The second-order valence-corrected chi connectivity index (χ2v) is 4.89. The van der Waals surface area contributed by atoms with E-state index in [9.17, 15) is 13.2 Å². The third-order valence-corrected chi connectivity index (χ3v) is 3.27. The first kappa shape index (κ1) is 15.6. The molecule has 2 rings (SSSR count). The van der Waals surface area contributed by atoms with E-state index >= 15 is 0 Å². The number of methoxy groups -OCH3 is 1. The normalized spacial score (nSPS) is 11.4. The SMILES string of the molecule is COCCNc1nc(-c2ccc(OC(F)(F)F)cc2)cs1. The Morgan fingerprint density at radius 2 is 1.95 bits per heavy atom. The Morgan fingerprint density at radius 1 is 1.24 bits per heavy atom. The van der Waals surface area contributed by atoms with E-state index in [2.05, 4.69) is 15.0 Å². The topological polar surface area (TPSA) is 43.4 Å². The van der Waals surface area contributed by atoms with E-state index in [0.717, 1.165) is 10.7 Å². The summed E-state index contributed by atoms with van der Waals surface area (Å²) in [5, 5.41) is 5.65. The predicted molar refractivity (Wildman–Crippen MR) is 74.6 cm³/mol. The van der Waals surface area contributed by atoms with Crippen LogP contribution in [0.4, 0.5) is 18.3 Å². The van der Waals surface area contributed by atoms with E-state index < -0.39 is 6.36 Å². The van der Waals surface area contributed by atoms with Gasteiger partial charge in [-0.25, -0.2) is 4.98 Å². The van der Waals surface area contributed by atoms with Crippen LogP contribution in [0.3, 0.4) is 0 Å². The van der Waals surface area contributed by atoms with Crippen LogP contribution in [0.1, 0.15) is 0 Å². The van der Waals surface area contributed by atoms with Crippen molar-refractivity contribution in [1.82, 2.24) is 4.98 Å². The maximum absolute atomic E-state index is 12.1. The van der Waals surface area contributed by atoms with Crippen LogP contribution < -0.4 is 10.1 Å². The molecular weight excluding hydrogens is 305 g/mol. The highest BCUT2D eigenvalue weighted by Gasteiger charge is 2.30. The quantitative estimate of drug-likeness (QED) is 0.824. The third kappa shape index (κ3) is 4.91. The zero-order chi connectivity index (χ0) is 15.3. The van der Waals surface area contributed by atoms with Crippen LogP contribution in [-0.4, -0.2) is 31.6 Å². The molecule has 21 heavy (non-hydrogen) atoms. The smallest absolute Gasteiger partial charge is 0.406 e. The first-order valence-electron chi connectivity index (χ1n) is 6.02. The monoisotopic (exact) mass is 318 g/mol. The molecule has 1 aromatic heterocycles. The second kappa shape index (κ2) is 6.77. The number of hydrogen-bond acceptors (Lipinski definition) is 5. The lowest BCUT2D eigenvalue weighted by atomic mass is 10.2. The van der Waals surface area contributed by atoms with Gasteiger partial charge in [0.1, 0.15) is 5.75 Å². The van der Waals surface area contributed by atoms with Crippen molar-refractivity contribution in [2.24, 2.45) is 0 Å². The van der Waals surface area contributed by atoms with Crippen molar-refractivity contribution in [1.29, 1.82) is 0 Å². The highest BCUT2D eigenvalue weighted by atomic mass is 32.1. The molecule has 0 bridgehead atoms. The molecule has 4 nitrogen and oxygen atoms in total. The summed E-state index contributed by atoms with van der Waals surface area (Å²) in [6.45, 7) is 1.21. The van der Waals surface area contributed by atoms with Crippen LogP contribution in [0.25, 0.3) is 11.3 Å². The van der Waals surface area contributed by atoms with Gasteiger partial charge >= 0.3 is 6.36 Å². The summed E-state index contributed by atoms with van der Waals surface area (Å²) >= 11 is 1.42. The van der Waals surface area contributed by atoms with Gasteiger partial charge < -0.3 is 14.8 Å². The van der Waals surface area contributed by atoms with Gasteiger partial charge in [0.05, 0.1) is 12.3 Å². The molecule has 1 N–H and O–H groups in total. The Morgan fingerprint density at radius 3 is 2.57 bits per heavy atom. The molecule has 0 fully saturated rings. The summed E-state index contributed by atoms with van der Waals surface area (Å²) in [6.07, 6.45) is -4.68. The molecular formula is C13H13F3N2O2S. The lowest BCUT2D eigenvalue weighted by Crippen LogP contribution is -2.16. The molecule has 1 heterocycles. The molecule has 0 atom stereocenters. The molecule has 0 spiro atoms. The van der Waals surface area contributed by atoms with Crippen LogP contribution in [0.2, 0.25) is 0 Å². The molecule has 0 amide bonds. The highest BCUT2D eigenvalue weighted by Crippen LogP contribution is 2.28. The highest BCUT2D eigenvalue weighted by molar-refractivity contribution is 7.14. The minimum absolute atomic E-state index is 0.250. The van der Waals surface area contributed by atoms with Crippen LogP contribution in [0.15, 0.2) is 29.6 Å². The summed E-state index contributed by atoms with van der Waals surface area (Å²) < 4.78 is 44.9. The number of rotatable bonds is 6. The standard InChI is InChI=1S/C13H13F3N2O2S/c1-19-7-6-17-12-18-11(8-21-12)9-2-4-10(5-3-9)20-13(14,15)16/h2-5,8H,6-7H2,1H3,(H,17,18). The number of thiazole rings is 1. The Labute approximate surface area is 123 Å². The number of nitrogens with zero attached hydrogens (tertiary/aromatic N) is 1. The molecule has 0 unspecified atom stereocenters. The Kier molecular flexibility index (Phi) is 5.03. The summed E-state index contributed by atoms with van der Waals surface area (Å²) in [5.41, 5.74) is 1.42. The molecule has 0 aliphatic carbocycles. The van der Waals surface area contributed by atoms with Crippen molar-refractivity contribution in [3.63, 3.8) is 0 Å². The summed E-state index contributed by atoms with van der Waals surface area (Å²) in [4.78, 5) is 4.35. The Bertz CT molecular complexity index is 570. The molecule has 8 heteroatoms. The van der Waals surface area contributed by atoms with E-state index in [4.69, 9.17) is 4.74 Å². The fourth-order valence-corrected chi connectivity index (χ4v) is 2.32. The number of aromatic nitrogens is 1. The van der Waals surface area contributed by atoms with Crippen molar-refractivity contribution in [3.8, 4) is 17.0 Å². The van der Waals surface area contributed by atoms with Gasteiger partial charge in [0.15, 0.2) is 5.13 Å². The molecule has 0 saturated heterocycles. The number of halogens is 3. The van der Waals surface area contributed by atoms with Crippen molar-refractivity contribution in [3.05, 3.63) is 29.6 Å². The largest absolute Gasteiger partial charge is 0.573 e. The summed E-state index contributed by atoms with van der Waals surface area (Å²) in [6, 6.07) is 5.60. The predicted octanol–water partition coefficient (Wildman–Crippen LogP) is 3.77. The summed E-state index contributed by atoms with van der Waals surface area (Å²) in [5.74, 6) is -0.250. The van der Waals surface area contributed by atoms with Crippen molar-refractivity contribution in [2.75, 3.05) is 25.6 Å². The Balaban J connectivity index is 2.02. The molecule has 114 valence electrons. The number of ether oxygens (including phenoxy) is 2. The average Bonchev–Trinajstić information content (AvgIpc) is 2.87. The van der Waals surface area contributed by atoms with E-state index in [-0.39, 0.29) is 5.75 Å². The third-order valence-electron chi connectivity index (χ3n) is 2.47. The minimum atomic E-state index is -4.68. The average molecular weight is 318 g/mol. The van der Waals surface area contributed by atoms with Crippen LogP contribution in [-0.2, 0) is 4.74 Å². The summed E-state index contributed by atoms with van der Waals surface area (Å²) in [7, 11) is 1.61. The van der Waals surface area contributed by atoms with Gasteiger partial charge in [-0.3, -0.25) is 0 Å². The number of hydrogen-bond donors (Lipinski definition) is 1. The Hall–Kier alpha value is -1.80. The molecule has 0 saturated carbocycles. The van der Waals surface area contributed by atoms with Gasteiger partial charge in [-0.15, -0.1) is 24.5 Å². The maximum atomic E-state index is 12.1. The van der Waals surface area contributed by atoms with Gasteiger partial charge in [0, 0.05) is 24.6 Å². The van der Waals surface area contributed by atoms with Crippen LogP contribution in [0.5, 0.6) is 5.75 Å². The molecule has 0 aliphatic rings. The molecule has 0 radical (unpaired) electrons. The van der Waals surface area contributed by atoms with E-state index in [0.29, 0.717) is 18.8 Å². The first-order valence-corrected chi connectivity index (χ1v) is 6.90. The van der Waals surface area contributed by atoms with Gasteiger partial charge in [0.25, 0.3) is 0 Å².